The Kier molecular flexibility index (Phi) is 5.30. The summed E-state index contributed by atoms with van der Waals surface area (Å²) in [6, 6.07) is 0. The summed E-state index contributed by atoms with van der Waals surface area (Å²) in [6.45, 7) is 8.78. The van der Waals surface area contributed by atoms with Gasteiger partial charge in [-0.25, -0.2) is 13.1 Å². The molecular formula is C11H22N4O2S. The van der Waals surface area contributed by atoms with Crippen LogP contribution in [-0.4, -0.2) is 49.3 Å². The zero-order chi connectivity index (χ0) is 13.8. The van der Waals surface area contributed by atoms with Crippen molar-refractivity contribution < 1.29 is 8.42 Å². The van der Waals surface area contributed by atoms with Gasteiger partial charge in [-0.2, -0.15) is 5.10 Å². The van der Waals surface area contributed by atoms with Crippen LogP contribution in [0.5, 0.6) is 0 Å². The molecule has 1 heterocycles. The molecule has 6 nitrogen and oxygen atoms in total. The second-order valence-corrected chi connectivity index (χ2v) is 5.91. The van der Waals surface area contributed by atoms with E-state index in [1.807, 2.05) is 0 Å². The van der Waals surface area contributed by atoms with Crippen molar-refractivity contribution in [3.8, 4) is 0 Å². The van der Waals surface area contributed by atoms with Crippen LogP contribution < -0.4 is 4.72 Å². The van der Waals surface area contributed by atoms with E-state index in [1.165, 1.54) is 10.9 Å². The van der Waals surface area contributed by atoms with Crippen molar-refractivity contribution in [2.75, 3.05) is 26.2 Å². The third kappa shape index (κ3) is 3.79. The fourth-order valence-corrected chi connectivity index (χ4v) is 3.03. The van der Waals surface area contributed by atoms with Gasteiger partial charge in [-0.05, 0) is 20.0 Å². The third-order valence-corrected chi connectivity index (χ3v) is 4.44. The van der Waals surface area contributed by atoms with Crippen LogP contribution in [0, 0.1) is 6.92 Å². The lowest BCUT2D eigenvalue weighted by atomic mass is 10.5. The van der Waals surface area contributed by atoms with Crippen LogP contribution in [0.2, 0.25) is 0 Å². The van der Waals surface area contributed by atoms with Crippen LogP contribution in [0.25, 0.3) is 0 Å². The number of sulfonamides is 1. The van der Waals surface area contributed by atoms with Gasteiger partial charge in [0.05, 0.1) is 5.69 Å². The number of aryl methyl sites for hydroxylation is 2. The average Bonchev–Trinajstić information content (AvgIpc) is 2.65. The Morgan fingerprint density at radius 1 is 1.39 bits per heavy atom. The summed E-state index contributed by atoms with van der Waals surface area (Å²) in [5.74, 6) is 0. The molecule has 0 fully saturated rings. The molecule has 0 aromatic carbocycles. The smallest absolute Gasteiger partial charge is 0.244 e. The van der Waals surface area contributed by atoms with Crippen molar-refractivity contribution in [2.24, 2.45) is 7.05 Å². The number of likely N-dealkylation sites (N-methyl/N-ethyl adjacent to an activating group) is 1. The Bertz CT molecular complexity index is 477. The van der Waals surface area contributed by atoms with E-state index in [9.17, 15) is 8.42 Å². The lowest BCUT2D eigenvalue weighted by Gasteiger charge is -2.17. The van der Waals surface area contributed by atoms with Gasteiger partial charge in [0.25, 0.3) is 0 Å². The normalized spacial score (nSPS) is 12.3. The topological polar surface area (TPSA) is 67.2 Å². The third-order valence-electron chi connectivity index (χ3n) is 2.87. The molecule has 0 spiro atoms. The summed E-state index contributed by atoms with van der Waals surface area (Å²) in [5, 5.41) is 4.04. The quantitative estimate of drug-likeness (QED) is 0.779. The highest BCUT2D eigenvalue weighted by molar-refractivity contribution is 7.89. The van der Waals surface area contributed by atoms with Gasteiger partial charge in [-0.3, -0.25) is 4.68 Å². The maximum atomic E-state index is 12.0. The van der Waals surface area contributed by atoms with E-state index < -0.39 is 10.0 Å². The molecule has 18 heavy (non-hydrogen) atoms. The van der Waals surface area contributed by atoms with E-state index in [-0.39, 0.29) is 4.90 Å². The summed E-state index contributed by atoms with van der Waals surface area (Å²) < 4.78 is 28.2. The fraction of sp³-hybridized carbons (Fsp3) is 0.727. The molecule has 0 radical (unpaired) electrons. The SMILES string of the molecule is CCN(CC)CCNS(=O)(=O)c1cn(C)nc1C. The van der Waals surface area contributed by atoms with Gasteiger partial charge in [-0.1, -0.05) is 13.8 Å². The van der Waals surface area contributed by atoms with Gasteiger partial charge in [0.1, 0.15) is 4.90 Å². The van der Waals surface area contributed by atoms with E-state index in [0.717, 1.165) is 13.1 Å². The van der Waals surface area contributed by atoms with E-state index in [0.29, 0.717) is 18.8 Å². The monoisotopic (exact) mass is 274 g/mol. The Hall–Kier alpha value is -0.920. The van der Waals surface area contributed by atoms with Crippen LogP contribution >= 0.6 is 0 Å². The van der Waals surface area contributed by atoms with Gasteiger partial charge in [-0.15, -0.1) is 0 Å². The second kappa shape index (κ2) is 6.31. The van der Waals surface area contributed by atoms with Gasteiger partial charge in [0, 0.05) is 26.3 Å². The van der Waals surface area contributed by atoms with Crippen molar-refractivity contribution >= 4 is 10.0 Å². The number of hydrogen-bond acceptors (Lipinski definition) is 4. The van der Waals surface area contributed by atoms with Crippen molar-refractivity contribution in [1.82, 2.24) is 19.4 Å². The van der Waals surface area contributed by atoms with Crippen molar-refractivity contribution in [3.05, 3.63) is 11.9 Å². The minimum Gasteiger partial charge on any atom is -0.303 e. The van der Waals surface area contributed by atoms with Crippen molar-refractivity contribution in [2.45, 2.75) is 25.7 Å². The van der Waals surface area contributed by atoms with Crippen LogP contribution in [0.4, 0.5) is 0 Å². The molecule has 7 heteroatoms. The molecule has 0 saturated carbocycles. The van der Waals surface area contributed by atoms with Gasteiger partial charge >= 0.3 is 0 Å². The fourth-order valence-electron chi connectivity index (χ4n) is 1.80. The summed E-state index contributed by atoms with van der Waals surface area (Å²) in [5.41, 5.74) is 0.521. The minimum atomic E-state index is -3.44. The van der Waals surface area contributed by atoms with Gasteiger partial charge in [0.2, 0.25) is 10.0 Å². The van der Waals surface area contributed by atoms with E-state index in [4.69, 9.17) is 0 Å². The lowest BCUT2D eigenvalue weighted by Crippen LogP contribution is -2.34. The zero-order valence-corrected chi connectivity index (χ0v) is 12.3. The van der Waals surface area contributed by atoms with E-state index >= 15 is 0 Å². The molecular weight excluding hydrogens is 252 g/mol. The predicted octanol–water partition coefficient (Wildman–Crippen LogP) is 0.349. The van der Waals surface area contributed by atoms with Gasteiger partial charge < -0.3 is 4.90 Å². The molecule has 0 aliphatic heterocycles. The summed E-state index contributed by atoms with van der Waals surface area (Å²) in [7, 11) is -1.73. The molecule has 1 aromatic heterocycles. The highest BCUT2D eigenvalue weighted by Gasteiger charge is 2.19. The Morgan fingerprint density at radius 2 is 2.00 bits per heavy atom. The standard InChI is InChI=1S/C11H22N4O2S/c1-5-15(6-2)8-7-12-18(16,17)11-9-14(4)13-10(11)3/h9,12H,5-8H2,1-4H3. The molecule has 0 aliphatic carbocycles. The number of nitrogens with one attached hydrogen (secondary N) is 1. The molecule has 0 amide bonds. The number of nitrogens with zero attached hydrogens (tertiary/aromatic N) is 3. The van der Waals surface area contributed by atoms with Crippen LogP contribution in [-0.2, 0) is 17.1 Å². The summed E-state index contributed by atoms with van der Waals surface area (Å²) in [4.78, 5) is 2.42. The average molecular weight is 274 g/mol. The zero-order valence-electron chi connectivity index (χ0n) is 11.5. The second-order valence-electron chi connectivity index (χ2n) is 4.18. The molecule has 0 atom stereocenters. The van der Waals surface area contributed by atoms with Crippen LogP contribution in [0.1, 0.15) is 19.5 Å². The summed E-state index contributed by atoms with van der Waals surface area (Å²) >= 11 is 0. The first-order valence-corrected chi connectivity index (χ1v) is 7.61. The number of hydrogen-bond donors (Lipinski definition) is 1. The maximum absolute atomic E-state index is 12.0. The van der Waals surface area contributed by atoms with E-state index in [1.54, 1.807) is 14.0 Å². The lowest BCUT2D eigenvalue weighted by molar-refractivity contribution is 0.309. The molecule has 1 N–H and O–H groups in total. The molecule has 104 valence electrons. The Morgan fingerprint density at radius 3 is 2.44 bits per heavy atom. The number of aromatic nitrogens is 2. The maximum Gasteiger partial charge on any atom is 0.244 e. The Balaban J connectivity index is 2.63. The highest BCUT2D eigenvalue weighted by atomic mass is 32.2. The molecule has 1 aromatic rings. The summed E-state index contributed by atoms with van der Waals surface area (Å²) in [6.07, 6.45) is 1.52. The molecule has 0 bridgehead atoms. The largest absolute Gasteiger partial charge is 0.303 e. The molecule has 0 saturated heterocycles. The first-order chi connectivity index (χ1) is 8.40. The predicted molar refractivity (Wildman–Crippen MR) is 70.9 cm³/mol. The first-order valence-electron chi connectivity index (χ1n) is 6.13. The first kappa shape index (κ1) is 15.1. The van der Waals surface area contributed by atoms with Crippen LogP contribution in [0.3, 0.4) is 0 Å². The number of rotatable bonds is 7. The molecule has 0 unspecified atom stereocenters. The van der Waals surface area contributed by atoms with E-state index in [2.05, 4.69) is 28.6 Å². The van der Waals surface area contributed by atoms with Gasteiger partial charge in [0.15, 0.2) is 0 Å². The van der Waals surface area contributed by atoms with Crippen LogP contribution in [0.15, 0.2) is 11.1 Å². The Labute approximate surface area is 109 Å². The van der Waals surface area contributed by atoms with Crippen molar-refractivity contribution in [3.63, 3.8) is 0 Å². The molecule has 1 rings (SSSR count). The highest BCUT2D eigenvalue weighted by Crippen LogP contribution is 2.11. The van der Waals surface area contributed by atoms with Crippen molar-refractivity contribution in [1.29, 1.82) is 0 Å². The molecule has 0 aliphatic rings. The minimum absolute atomic E-state index is 0.254.